The Morgan fingerprint density at radius 2 is 2.22 bits per heavy atom. The highest BCUT2D eigenvalue weighted by atomic mass is 16.5. The van der Waals surface area contributed by atoms with Gasteiger partial charge in [0.15, 0.2) is 6.61 Å². The Morgan fingerprint density at radius 1 is 1.44 bits per heavy atom. The lowest BCUT2D eigenvalue weighted by Crippen LogP contribution is -2.52. The first-order chi connectivity index (χ1) is 8.66. The summed E-state index contributed by atoms with van der Waals surface area (Å²) < 4.78 is 10.8. The summed E-state index contributed by atoms with van der Waals surface area (Å²) in [5.74, 6) is 0.713. The molecule has 1 saturated heterocycles. The third-order valence-electron chi connectivity index (χ3n) is 3.81. The zero-order chi connectivity index (χ0) is 12.8. The lowest BCUT2D eigenvalue weighted by Gasteiger charge is -2.41. The standard InChI is InChI=1S/C13H16N2O3/c1-15-10-3-2-9(13(6-14)7-17-8-13)4-11(10)18-5-12(15)16/h2-4H,5-8,14H2,1H3. The van der Waals surface area contributed by atoms with Crippen molar-refractivity contribution in [3.05, 3.63) is 23.8 Å². The molecular weight excluding hydrogens is 232 g/mol. The van der Waals surface area contributed by atoms with Crippen LogP contribution >= 0.6 is 0 Å². The zero-order valence-electron chi connectivity index (χ0n) is 10.3. The molecule has 0 aromatic heterocycles. The van der Waals surface area contributed by atoms with Crippen LogP contribution in [0, 0.1) is 0 Å². The number of benzene rings is 1. The van der Waals surface area contributed by atoms with Crippen molar-refractivity contribution in [2.24, 2.45) is 5.73 Å². The minimum absolute atomic E-state index is 0.0317. The summed E-state index contributed by atoms with van der Waals surface area (Å²) in [6, 6.07) is 5.90. The van der Waals surface area contributed by atoms with Crippen molar-refractivity contribution in [1.29, 1.82) is 0 Å². The summed E-state index contributed by atoms with van der Waals surface area (Å²) in [5, 5.41) is 0. The van der Waals surface area contributed by atoms with E-state index in [0.29, 0.717) is 19.8 Å². The first kappa shape index (κ1) is 11.5. The van der Waals surface area contributed by atoms with E-state index < -0.39 is 0 Å². The average molecular weight is 248 g/mol. The van der Waals surface area contributed by atoms with Crippen molar-refractivity contribution >= 4 is 11.6 Å². The van der Waals surface area contributed by atoms with Gasteiger partial charge in [-0.05, 0) is 17.7 Å². The van der Waals surface area contributed by atoms with Crippen molar-refractivity contribution in [1.82, 2.24) is 0 Å². The number of fused-ring (bicyclic) bond motifs is 1. The molecule has 2 heterocycles. The normalized spacial score (nSPS) is 21.0. The number of nitrogens with two attached hydrogens (primary N) is 1. The van der Waals surface area contributed by atoms with Crippen molar-refractivity contribution in [2.45, 2.75) is 5.41 Å². The number of ether oxygens (including phenoxy) is 2. The molecule has 0 radical (unpaired) electrons. The summed E-state index contributed by atoms with van der Waals surface area (Å²) in [6.07, 6.45) is 0. The number of anilines is 1. The fraction of sp³-hybridized carbons (Fsp3) is 0.462. The summed E-state index contributed by atoms with van der Waals surface area (Å²) in [7, 11) is 1.76. The third-order valence-corrected chi connectivity index (χ3v) is 3.81. The van der Waals surface area contributed by atoms with E-state index in [2.05, 4.69) is 0 Å². The van der Waals surface area contributed by atoms with Crippen LogP contribution in [0.3, 0.4) is 0 Å². The van der Waals surface area contributed by atoms with Gasteiger partial charge in [-0.1, -0.05) is 6.07 Å². The Bertz CT molecular complexity index is 491. The maximum absolute atomic E-state index is 11.5. The molecular formula is C13H16N2O3. The van der Waals surface area contributed by atoms with Gasteiger partial charge in [0.1, 0.15) is 5.75 Å². The van der Waals surface area contributed by atoms with Gasteiger partial charge >= 0.3 is 0 Å². The van der Waals surface area contributed by atoms with Crippen molar-refractivity contribution in [3.8, 4) is 5.75 Å². The predicted molar refractivity (Wildman–Crippen MR) is 66.9 cm³/mol. The van der Waals surface area contributed by atoms with Crippen LogP contribution < -0.4 is 15.4 Å². The molecule has 1 aromatic rings. The van der Waals surface area contributed by atoms with E-state index in [0.717, 1.165) is 17.0 Å². The molecule has 18 heavy (non-hydrogen) atoms. The Hall–Kier alpha value is -1.59. The second kappa shape index (κ2) is 3.96. The van der Waals surface area contributed by atoms with E-state index in [1.54, 1.807) is 11.9 Å². The quantitative estimate of drug-likeness (QED) is 0.816. The van der Waals surface area contributed by atoms with Crippen molar-refractivity contribution in [3.63, 3.8) is 0 Å². The number of nitrogens with zero attached hydrogens (tertiary/aromatic N) is 1. The van der Waals surface area contributed by atoms with Gasteiger partial charge < -0.3 is 20.1 Å². The maximum Gasteiger partial charge on any atom is 0.264 e. The lowest BCUT2D eigenvalue weighted by atomic mass is 9.78. The molecule has 2 N–H and O–H groups in total. The predicted octanol–water partition coefficient (Wildman–Crippen LogP) is 0.269. The van der Waals surface area contributed by atoms with Crippen LogP contribution in [-0.4, -0.2) is 39.3 Å². The molecule has 0 saturated carbocycles. The molecule has 5 nitrogen and oxygen atoms in total. The molecule has 2 aliphatic rings. The minimum Gasteiger partial charge on any atom is -0.482 e. The van der Waals surface area contributed by atoms with Gasteiger partial charge in [-0.3, -0.25) is 4.79 Å². The molecule has 1 amide bonds. The molecule has 1 aromatic carbocycles. The second-order valence-corrected chi connectivity index (χ2v) is 4.90. The Kier molecular flexibility index (Phi) is 2.53. The highest BCUT2D eigenvalue weighted by Gasteiger charge is 2.40. The monoisotopic (exact) mass is 248 g/mol. The van der Waals surface area contributed by atoms with E-state index in [4.69, 9.17) is 15.2 Å². The Balaban J connectivity index is 1.99. The van der Waals surface area contributed by atoms with E-state index in [-0.39, 0.29) is 17.9 Å². The summed E-state index contributed by atoms with van der Waals surface area (Å²) >= 11 is 0. The highest BCUT2D eigenvalue weighted by Crippen LogP contribution is 2.38. The van der Waals surface area contributed by atoms with Crippen LogP contribution in [0.2, 0.25) is 0 Å². The number of hydrogen-bond acceptors (Lipinski definition) is 4. The van der Waals surface area contributed by atoms with Crippen LogP contribution in [-0.2, 0) is 14.9 Å². The molecule has 0 atom stereocenters. The molecule has 0 aliphatic carbocycles. The van der Waals surface area contributed by atoms with Crippen LogP contribution in [0.25, 0.3) is 0 Å². The van der Waals surface area contributed by atoms with Gasteiger partial charge in [0.2, 0.25) is 0 Å². The van der Waals surface area contributed by atoms with Gasteiger partial charge in [0.05, 0.1) is 24.3 Å². The van der Waals surface area contributed by atoms with Gasteiger partial charge in [0.25, 0.3) is 5.91 Å². The fourth-order valence-corrected chi connectivity index (χ4v) is 2.36. The van der Waals surface area contributed by atoms with Gasteiger partial charge in [0, 0.05) is 13.6 Å². The van der Waals surface area contributed by atoms with E-state index in [1.165, 1.54) is 0 Å². The zero-order valence-corrected chi connectivity index (χ0v) is 10.3. The molecule has 3 rings (SSSR count). The summed E-state index contributed by atoms with van der Waals surface area (Å²) in [5.41, 5.74) is 7.69. The topological polar surface area (TPSA) is 64.8 Å². The highest BCUT2D eigenvalue weighted by molar-refractivity contribution is 5.97. The first-order valence-corrected chi connectivity index (χ1v) is 5.98. The lowest BCUT2D eigenvalue weighted by molar-refractivity contribution is -0.121. The molecule has 96 valence electrons. The smallest absolute Gasteiger partial charge is 0.264 e. The number of hydrogen-bond donors (Lipinski definition) is 1. The van der Waals surface area contributed by atoms with Crippen LogP contribution in [0.5, 0.6) is 5.75 Å². The average Bonchev–Trinajstić information content (AvgIpc) is 2.33. The summed E-state index contributed by atoms with van der Waals surface area (Å²) in [6.45, 7) is 1.95. The van der Waals surface area contributed by atoms with Gasteiger partial charge in [-0.2, -0.15) is 0 Å². The number of carbonyl (C=O) groups is 1. The Morgan fingerprint density at radius 3 is 2.83 bits per heavy atom. The van der Waals surface area contributed by atoms with Crippen LogP contribution in [0.15, 0.2) is 18.2 Å². The molecule has 0 unspecified atom stereocenters. The fourth-order valence-electron chi connectivity index (χ4n) is 2.36. The molecule has 1 fully saturated rings. The van der Waals surface area contributed by atoms with Crippen molar-refractivity contribution < 1.29 is 14.3 Å². The summed E-state index contributed by atoms with van der Waals surface area (Å²) in [4.78, 5) is 13.1. The maximum atomic E-state index is 11.5. The van der Waals surface area contributed by atoms with Crippen molar-refractivity contribution in [2.75, 3.05) is 38.3 Å². The minimum atomic E-state index is -0.0849. The Labute approximate surface area is 105 Å². The number of amides is 1. The third kappa shape index (κ3) is 1.51. The first-order valence-electron chi connectivity index (χ1n) is 5.98. The largest absolute Gasteiger partial charge is 0.482 e. The SMILES string of the molecule is CN1C(=O)COc2cc(C3(CN)COC3)ccc21. The van der Waals surface area contributed by atoms with E-state index >= 15 is 0 Å². The molecule has 0 bridgehead atoms. The molecule has 2 aliphatic heterocycles. The molecule has 5 heteroatoms. The van der Waals surface area contributed by atoms with Crippen LogP contribution in [0.1, 0.15) is 5.56 Å². The number of likely N-dealkylation sites (N-methyl/N-ethyl adjacent to an activating group) is 1. The second-order valence-electron chi connectivity index (χ2n) is 4.90. The molecule has 0 spiro atoms. The number of carbonyl (C=O) groups excluding carboxylic acids is 1. The van der Waals surface area contributed by atoms with E-state index in [1.807, 2.05) is 18.2 Å². The van der Waals surface area contributed by atoms with E-state index in [9.17, 15) is 4.79 Å². The number of rotatable bonds is 2. The van der Waals surface area contributed by atoms with Gasteiger partial charge in [-0.15, -0.1) is 0 Å². The van der Waals surface area contributed by atoms with Crippen LogP contribution in [0.4, 0.5) is 5.69 Å². The van der Waals surface area contributed by atoms with Gasteiger partial charge in [-0.25, -0.2) is 0 Å².